The van der Waals surface area contributed by atoms with Crippen molar-refractivity contribution in [3.05, 3.63) is 30.3 Å². The number of aliphatic carboxylic acids is 1. The minimum Gasteiger partial charge on any atom is -0.472 e. The van der Waals surface area contributed by atoms with E-state index in [1.165, 1.54) is 0 Å². The lowest BCUT2D eigenvalue weighted by Crippen LogP contribution is -2.16. The molecule has 0 saturated carbocycles. The van der Waals surface area contributed by atoms with Crippen LogP contribution in [-0.2, 0) is 4.79 Å². The fourth-order valence-electron chi connectivity index (χ4n) is 1.01. The van der Waals surface area contributed by atoms with Gasteiger partial charge in [-0.25, -0.2) is 4.79 Å². The summed E-state index contributed by atoms with van der Waals surface area (Å²) in [5.74, 6) is 3.54. The van der Waals surface area contributed by atoms with Crippen LogP contribution in [0.25, 0.3) is 0 Å². The third-order valence-corrected chi connectivity index (χ3v) is 1.71. The molecule has 72 valence electrons. The summed E-state index contributed by atoms with van der Waals surface area (Å²) in [5.41, 5.74) is 1.02. The zero-order valence-electron chi connectivity index (χ0n) is 7.90. The number of hydrogen-bond acceptors (Lipinski definition) is 2. The van der Waals surface area contributed by atoms with Crippen LogP contribution < -0.4 is 4.90 Å². The van der Waals surface area contributed by atoms with Crippen LogP contribution in [0.4, 0.5) is 5.69 Å². The van der Waals surface area contributed by atoms with Crippen molar-refractivity contribution in [3.63, 3.8) is 0 Å². The number of para-hydroxylation sites is 1. The minimum atomic E-state index is -1.09. The number of rotatable bonds is 2. The minimum absolute atomic E-state index is 0.413. The van der Waals surface area contributed by atoms with Crippen LogP contribution in [0.15, 0.2) is 30.3 Å². The molecule has 3 nitrogen and oxygen atoms in total. The number of nitrogens with zero attached hydrogens (tertiary/aromatic N) is 1. The van der Waals surface area contributed by atoms with Crippen molar-refractivity contribution < 1.29 is 9.90 Å². The molecular weight excluding hydrogens is 178 g/mol. The van der Waals surface area contributed by atoms with E-state index in [4.69, 9.17) is 5.11 Å². The Balaban J connectivity index is 2.57. The molecule has 1 rings (SSSR count). The molecule has 0 atom stereocenters. The molecule has 0 aliphatic carbocycles. The van der Waals surface area contributed by atoms with E-state index in [-0.39, 0.29) is 0 Å². The normalized spacial score (nSPS) is 8.64. The van der Waals surface area contributed by atoms with Crippen molar-refractivity contribution in [1.29, 1.82) is 0 Å². The summed E-state index contributed by atoms with van der Waals surface area (Å²) in [5, 5.41) is 8.30. The lowest BCUT2D eigenvalue weighted by atomic mass is 10.3. The van der Waals surface area contributed by atoms with Gasteiger partial charge >= 0.3 is 5.97 Å². The molecule has 0 unspecified atom stereocenters. The Kier molecular flexibility index (Phi) is 3.57. The van der Waals surface area contributed by atoms with Crippen LogP contribution in [0.2, 0.25) is 0 Å². The Bertz CT molecular complexity index is 362. The highest BCUT2D eigenvalue weighted by Crippen LogP contribution is 2.09. The molecule has 0 aromatic heterocycles. The van der Waals surface area contributed by atoms with Crippen molar-refractivity contribution in [2.75, 3.05) is 18.5 Å². The highest BCUT2D eigenvalue weighted by molar-refractivity contribution is 5.86. The van der Waals surface area contributed by atoms with Gasteiger partial charge in [0.05, 0.1) is 6.54 Å². The van der Waals surface area contributed by atoms with Gasteiger partial charge in [0.1, 0.15) is 0 Å². The van der Waals surface area contributed by atoms with Gasteiger partial charge in [-0.3, -0.25) is 0 Å². The monoisotopic (exact) mass is 189 g/mol. The Labute approximate surface area is 83.0 Å². The fraction of sp³-hybridized carbons (Fsp3) is 0.182. The van der Waals surface area contributed by atoms with Crippen molar-refractivity contribution in [2.45, 2.75) is 0 Å². The van der Waals surface area contributed by atoms with Crippen LogP contribution >= 0.6 is 0 Å². The number of benzene rings is 1. The Hall–Kier alpha value is -1.95. The molecule has 0 spiro atoms. The first-order chi connectivity index (χ1) is 6.70. The first-order valence-corrected chi connectivity index (χ1v) is 4.18. The molecule has 1 N–H and O–H groups in total. The molecule has 0 saturated heterocycles. The molecule has 0 aliphatic rings. The molecule has 1 aromatic rings. The van der Waals surface area contributed by atoms with E-state index in [2.05, 4.69) is 11.8 Å². The number of anilines is 1. The number of hydrogen-bond donors (Lipinski definition) is 1. The maximum Gasteiger partial charge on any atom is 0.381 e. The molecular formula is C11H11NO2. The summed E-state index contributed by atoms with van der Waals surface area (Å²) >= 11 is 0. The van der Waals surface area contributed by atoms with E-state index in [1.807, 2.05) is 42.3 Å². The van der Waals surface area contributed by atoms with E-state index in [9.17, 15) is 4.79 Å². The Morgan fingerprint density at radius 3 is 2.64 bits per heavy atom. The molecule has 1 aromatic carbocycles. The largest absolute Gasteiger partial charge is 0.472 e. The molecule has 14 heavy (non-hydrogen) atoms. The molecule has 0 fully saturated rings. The highest BCUT2D eigenvalue weighted by Gasteiger charge is 1.95. The molecule has 0 aliphatic heterocycles. The van der Waals surface area contributed by atoms with Crippen LogP contribution in [0.3, 0.4) is 0 Å². The maximum atomic E-state index is 10.1. The standard InChI is InChI=1S/C11H11NO2/c1-12(9-5-8-11(13)14)10-6-3-2-4-7-10/h2-4,6-7H,9H2,1H3,(H,13,14). The topological polar surface area (TPSA) is 40.5 Å². The number of carbonyl (C=O) groups is 1. The van der Waals surface area contributed by atoms with Crippen LogP contribution in [0, 0.1) is 11.8 Å². The van der Waals surface area contributed by atoms with Gasteiger partial charge in [0.15, 0.2) is 0 Å². The highest BCUT2D eigenvalue weighted by atomic mass is 16.4. The predicted molar refractivity (Wildman–Crippen MR) is 55.1 cm³/mol. The van der Waals surface area contributed by atoms with Crippen molar-refractivity contribution in [1.82, 2.24) is 0 Å². The van der Waals surface area contributed by atoms with Gasteiger partial charge < -0.3 is 10.0 Å². The maximum absolute atomic E-state index is 10.1. The van der Waals surface area contributed by atoms with Crippen molar-refractivity contribution >= 4 is 11.7 Å². The zero-order valence-corrected chi connectivity index (χ0v) is 7.90. The van der Waals surface area contributed by atoms with Gasteiger partial charge in [0, 0.05) is 18.7 Å². The first-order valence-electron chi connectivity index (χ1n) is 4.18. The SMILES string of the molecule is CN(CC#CC(=O)O)c1ccccc1. The Morgan fingerprint density at radius 2 is 2.07 bits per heavy atom. The van der Waals surface area contributed by atoms with Gasteiger partial charge in [-0.1, -0.05) is 24.1 Å². The smallest absolute Gasteiger partial charge is 0.381 e. The van der Waals surface area contributed by atoms with E-state index in [0.717, 1.165) is 5.69 Å². The van der Waals surface area contributed by atoms with Crippen molar-refractivity contribution in [2.24, 2.45) is 0 Å². The summed E-state index contributed by atoms with van der Waals surface area (Å²) in [4.78, 5) is 12.0. The number of carboxylic acid groups (broad SMARTS) is 1. The van der Waals surface area contributed by atoms with Crippen LogP contribution in [-0.4, -0.2) is 24.7 Å². The van der Waals surface area contributed by atoms with Gasteiger partial charge in [0.25, 0.3) is 0 Å². The summed E-state index contributed by atoms with van der Waals surface area (Å²) in [7, 11) is 1.87. The van der Waals surface area contributed by atoms with Crippen LogP contribution in [0.1, 0.15) is 0 Å². The lowest BCUT2D eigenvalue weighted by Gasteiger charge is -2.15. The van der Waals surface area contributed by atoms with E-state index in [0.29, 0.717) is 6.54 Å². The van der Waals surface area contributed by atoms with E-state index < -0.39 is 5.97 Å². The van der Waals surface area contributed by atoms with Crippen LogP contribution in [0.5, 0.6) is 0 Å². The molecule has 0 radical (unpaired) electrons. The predicted octanol–water partition coefficient (Wildman–Crippen LogP) is 1.21. The summed E-state index contributed by atoms with van der Waals surface area (Å²) in [6, 6.07) is 9.68. The quantitative estimate of drug-likeness (QED) is 0.711. The Morgan fingerprint density at radius 1 is 1.43 bits per heavy atom. The third-order valence-electron chi connectivity index (χ3n) is 1.71. The van der Waals surface area contributed by atoms with E-state index in [1.54, 1.807) is 0 Å². The fourth-order valence-corrected chi connectivity index (χ4v) is 1.01. The molecule has 0 amide bonds. The average molecular weight is 189 g/mol. The summed E-state index contributed by atoms with van der Waals surface area (Å²) < 4.78 is 0. The van der Waals surface area contributed by atoms with Crippen molar-refractivity contribution in [3.8, 4) is 11.8 Å². The first kappa shape index (κ1) is 10.1. The molecule has 0 bridgehead atoms. The van der Waals surface area contributed by atoms with Gasteiger partial charge in [-0.15, -0.1) is 0 Å². The lowest BCUT2D eigenvalue weighted by molar-refractivity contribution is -0.130. The average Bonchev–Trinajstić information content (AvgIpc) is 2.18. The molecule has 0 heterocycles. The van der Waals surface area contributed by atoms with E-state index >= 15 is 0 Å². The summed E-state index contributed by atoms with van der Waals surface area (Å²) in [6.07, 6.45) is 0. The second-order valence-electron chi connectivity index (χ2n) is 2.80. The summed E-state index contributed by atoms with van der Waals surface area (Å²) in [6.45, 7) is 0.413. The molecule has 3 heteroatoms. The number of carboxylic acids is 1. The van der Waals surface area contributed by atoms with Gasteiger partial charge in [0.2, 0.25) is 0 Å². The second-order valence-corrected chi connectivity index (χ2v) is 2.80. The van der Waals surface area contributed by atoms with Gasteiger partial charge in [-0.05, 0) is 12.1 Å². The third kappa shape index (κ3) is 3.20. The second kappa shape index (κ2) is 4.93. The zero-order chi connectivity index (χ0) is 10.4. The van der Waals surface area contributed by atoms with Gasteiger partial charge in [-0.2, -0.15) is 0 Å².